The molecule has 4 atom stereocenters. The molecule has 0 aliphatic carbocycles. The summed E-state index contributed by atoms with van der Waals surface area (Å²) in [6.45, 7) is 5.25. The highest BCUT2D eigenvalue weighted by Crippen LogP contribution is 2.21. The molecule has 4 aromatic rings. The minimum atomic E-state index is -1.16. The van der Waals surface area contributed by atoms with E-state index in [1.807, 2.05) is 62.4 Å². The van der Waals surface area contributed by atoms with E-state index < -0.39 is 47.9 Å². The largest absolute Gasteiger partial charge is 0.480 e. The minimum Gasteiger partial charge on any atom is -0.480 e. The molecule has 42 heavy (non-hydrogen) atoms. The van der Waals surface area contributed by atoms with Gasteiger partial charge < -0.3 is 36.8 Å². The van der Waals surface area contributed by atoms with E-state index in [9.17, 15) is 24.3 Å². The highest BCUT2D eigenvalue weighted by Gasteiger charge is 2.31. The summed E-state index contributed by atoms with van der Waals surface area (Å²) in [5, 5.41) is 19.6. The van der Waals surface area contributed by atoms with E-state index in [-0.39, 0.29) is 25.2 Å². The second-order valence-electron chi connectivity index (χ2n) is 11.1. The zero-order valence-electron chi connectivity index (χ0n) is 23.9. The molecule has 11 nitrogen and oxygen atoms in total. The van der Waals surface area contributed by atoms with Crippen LogP contribution >= 0.6 is 0 Å². The van der Waals surface area contributed by atoms with Crippen molar-refractivity contribution in [1.29, 1.82) is 0 Å². The molecule has 0 saturated heterocycles. The standard InChI is InChI=1S/C31H38N6O5/c1-17(2)12-27(31(41)42)37-30(40)26(14-20-16-34-24-11-7-5-9-22(20)24)36-29(39)25(35-28(38)18(3)32)13-19-15-33-23-10-6-4-8-21(19)23/h4-11,15-18,25-27,33-34H,12-14,32H2,1-3H3,(H,35,38)(H,36,39)(H,37,40)(H,41,42). The number of aromatic amines is 2. The Morgan fingerprint density at radius 3 is 1.57 bits per heavy atom. The van der Waals surface area contributed by atoms with Gasteiger partial charge in [0.05, 0.1) is 6.04 Å². The van der Waals surface area contributed by atoms with E-state index in [2.05, 4.69) is 25.9 Å². The second-order valence-corrected chi connectivity index (χ2v) is 11.1. The van der Waals surface area contributed by atoms with Crippen LogP contribution in [0.5, 0.6) is 0 Å². The lowest BCUT2D eigenvalue weighted by Crippen LogP contribution is -2.58. The number of carbonyl (C=O) groups excluding carboxylic acids is 3. The van der Waals surface area contributed by atoms with Crippen molar-refractivity contribution in [2.24, 2.45) is 11.7 Å². The van der Waals surface area contributed by atoms with Gasteiger partial charge in [-0.15, -0.1) is 0 Å². The molecule has 8 N–H and O–H groups in total. The number of amides is 3. The first-order valence-electron chi connectivity index (χ1n) is 14.0. The first-order chi connectivity index (χ1) is 20.0. The van der Waals surface area contributed by atoms with Crippen molar-refractivity contribution in [3.05, 3.63) is 72.1 Å². The maximum Gasteiger partial charge on any atom is 0.326 e. The summed E-state index contributed by atoms with van der Waals surface area (Å²) in [5.41, 5.74) is 9.11. The van der Waals surface area contributed by atoms with Crippen molar-refractivity contribution in [3.8, 4) is 0 Å². The van der Waals surface area contributed by atoms with Crippen molar-refractivity contribution in [3.63, 3.8) is 0 Å². The maximum absolute atomic E-state index is 13.8. The summed E-state index contributed by atoms with van der Waals surface area (Å²) in [5.74, 6) is -2.88. The van der Waals surface area contributed by atoms with Crippen LogP contribution in [0.3, 0.4) is 0 Å². The summed E-state index contributed by atoms with van der Waals surface area (Å²) >= 11 is 0. The van der Waals surface area contributed by atoms with Gasteiger partial charge in [-0.05, 0) is 42.5 Å². The first kappa shape index (κ1) is 30.3. The number of benzene rings is 2. The summed E-state index contributed by atoms with van der Waals surface area (Å²) in [7, 11) is 0. The average Bonchev–Trinajstić information content (AvgIpc) is 3.55. The number of nitrogens with two attached hydrogens (primary N) is 1. The number of fused-ring (bicyclic) bond motifs is 2. The molecule has 0 aliphatic rings. The van der Waals surface area contributed by atoms with Gasteiger partial charge in [0.15, 0.2) is 0 Å². The lowest BCUT2D eigenvalue weighted by Gasteiger charge is -2.25. The van der Waals surface area contributed by atoms with Crippen molar-refractivity contribution in [2.75, 3.05) is 0 Å². The molecule has 3 amide bonds. The Morgan fingerprint density at radius 2 is 1.14 bits per heavy atom. The molecular weight excluding hydrogens is 536 g/mol. The predicted molar refractivity (Wildman–Crippen MR) is 161 cm³/mol. The third-order valence-corrected chi connectivity index (χ3v) is 7.20. The highest BCUT2D eigenvalue weighted by molar-refractivity contribution is 5.95. The number of H-pyrrole nitrogens is 2. The first-order valence-corrected chi connectivity index (χ1v) is 14.0. The molecule has 2 aromatic heterocycles. The zero-order chi connectivity index (χ0) is 30.4. The number of hydrogen-bond acceptors (Lipinski definition) is 5. The smallest absolute Gasteiger partial charge is 0.326 e. The molecule has 4 rings (SSSR count). The molecule has 0 saturated carbocycles. The molecule has 0 bridgehead atoms. The van der Waals surface area contributed by atoms with E-state index in [4.69, 9.17) is 5.73 Å². The monoisotopic (exact) mass is 574 g/mol. The molecule has 2 heterocycles. The van der Waals surface area contributed by atoms with E-state index in [1.54, 1.807) is 12.4 Å². The van der Waals surface area contributed by atoms with Gasteiger partial charge in [0.2, 0.25) is 17.7 Å². The third kappa shape index (κ3) is 7.35. The van der Waals surface area contributed by atoms with Crippen molar-refractivity contribution in [2.45, 2.75) is 64.2 Å². The van der Waals surface area contributed by atoms with Crippen LogP contribution in [0.25, 0.3) is 21.8 Å². The van der Waals surface area contributed by atoms with Crippen LogP contribution in [-0.4, -0.2) is 62.9 Å². The fourth-order valence-corrected chi connectivity index (χ4v) is 5.00. The Morgan fingerprint density at radius 1 is 0.714 bits per heavy atom. The van der Waals surface area contributed by atoms with Crippen LogP contribution in [0.15, 0.2) is 60.9 Å². The number of nitrogens with one attached hydrogen (secondary N) is 5. The van der Waals surface area contributed by atoms with Gasteiger partial charge >= 0.3 is 5.97 Å². The average molecular weight is 575 g/mol. The van der Waals surface area contributed by atoms with Gasteiger partial charge in [-0.3, -0.25) is 14.4 Å². The normalized spacial score (nSPS) is 14.3. The summed E-state index contributed by atoms with van der Waals surface area (Å²) in [4.78, 5) is 58.2. The van der Waals surface area contributed by atoms with Gasteiger partial charge in [0, 0.05) is 47.0 Å². The number of carboxylic acid groups (broad SMARTS) is 1. The maximum atomic E-state index is 13.8. The number of carboxylic acids is 1. The van der Waals surface area contributed by atoms with Gasteiger partial charge in [0.25, 0.3) is 0 Å². The summed E-state index contributed by atoms with van der Waals surface area (Å²) in [6.07, 6.45) is 4.00. The Bertz CT molecular complexity index is 1570. The van der Waals surface area contributed by atoms with Crippen LogP contribution in [-0.2, 0) is 32.0 Å². The summed E-state index contributed by atoms with van der Waals surface area (Å²) < 4.78 is 0. The van der Waals surface area contributed by atoms with Crippen molar-refractivity contribution in [1.82, 2.24) is 25.9 Å². The van der Waals surface area contributed by atoms with Gasteiger partial charge in [-0.1, -0.05) is 50.2 Å². The van der Waals surface area contributed by atoms with Crippen LogP contribution in [0.1, 0.15) is 38.3 Å². The van der Waals surface area contributed by atoms with E-state index in [0.29, 0.717) is 0 Å². The molecule has 11 heteroatoms. The molecule has 0 spiro atoms. The lowest BCUT2D eigenvalue weighted by molar-refractivity contribution is -0.142. The van der Waals surface area contributed by atoms with Crippen molar-refractivity contribution >= 4 is 45.5 Å². The summed E-state index contributed by atoms with van der Waals surface area (Å²) in [6, 6.07) is 11.0. The molecule has 2 aromatic carbocycles. The van der Waals surface area contributed by atoms with Crippen molar-refractivity contribution < 1.29 is 24.3 Å². The molecule has 0 aliphatic heterocycles. The lowest BCUT2D eigenvalue weighted by atomic mass is 10.00. The van der Waals surface area contributed by atoms with Crippen LogP contribution < -0.4 is 21.7 Å². The number of carbonyl (C=O) groups is 4. The van der Waals surface area contributed by atoms with E-state index >= 15 is 0 Å². The van der Waals surface area contributed by atoms with E-state index in [0.717, 1.165) is 32.9 Å². The fourth-order valence-electron chi connectivity index (χ4n) is 5.00. The number of aromatic nitrogens is 2. The molecule has 0 fully saturated rings. The molecule has 0 radical (unpaired) electrons. The number of hydrogen-bond donors (Lipinski definition) is 7. The third-order valence-electron chi connectivity index (χ3n) is 7.20. The topological polar surface area (TPSA) is 182 Å². The van der Waals surface area contributed by atoms with Crippen LogP contribution in [0.4, 0.5) is 0 Å². The zero-order valence-corrected chi connectivity index (χ0v) is 23.9. The van der Waals surface area contributed by atoms with Crippen LogP contribution in [0, 0.1) is 5.92 Å². The highest BCUT2D eigenvalue weighted by atomic mass is 16.4. The predicted octanol–water partition coefficient (Wildman–Crippen LogP) is 2.37. The Kier molecular flexibility index (Phi) is 9.64. The SMILES string of the molecule is CC(C)CC(NC(=O)C(Cc1c[nH]c2ccccc12)NC(=O)C(Cc1c[nH]c2ccccc12)NC(=O)C(C)N)C(=O)O. The Labute approximate surface area is 243 Å². The number of para-hydroxylation sites is 2. The number of aliphatic carboxylic acids is 1. The van der Waals surface area contributed by atoms with Gasteiger partial charge in [-0.2, -0.15) is 0 Å². The Hall–Kier alpha value is -4.64. The second kappa shape index (κ2) is 13.3. The van der Waals surface area contributed by atoms with Gasteiger partial charge in [-0.25, -0.2) is 4.79 Å². The van der Waals surface area contributed by atoms with Gasteiger partial charge in [0.1, 0.15) is 18.1 Å². The quantitative estimate of drug-likeness (QED) is 0.129. The fraction of sp³-hybridized carbons (Fsp3) is 0.355. The van der Waals surface area contributed by atoms with E-state index in [1.165, 1.54) is 6.92 Å². The van der Waals surface area contributed by atoms with Crippen LogP contribution in [0.2, 0.25) is 0 Å². The Balaban J connectivity index is 1.63. The molecule has 222 valence electrons. The molecule has 4 unspecified atom stereocenters. The number of rotatable bonds is 13. The molecular formula is C31H38N6O5. The minimum absolute atomic E-state index is 0.0158.